The van der Waals surface area contributed by atoms with E-state index in [4.69, 9.17) is 4.99 Å². The summed E-state index contributed by atoms with van der Waals surface area (Å²) in [5.41, 5.74) is 0. The second-order valence-electron chi connectivity index (χ2n) is 7.17. The average Bonchev–Trinajstić information content (AvgIpc) is 2.48. The molecule has 1 fully saturated rings. The summed E-state index contributed by atoms with van der Waals surface area (Å²) in [6.07, 6.45) is 5.19. The van der Waals surface area contributed by atoms with Gasteiger partial charge < -0.3 is 15.5 Å². The maximum absolute atomic E-state index is 4.71. The van der Waals surface area contributed by atoms with Crippen molar-refractivity contribution in [2.75, 3.05) is 32.7 Å². The largest absolute Gasteiger partial charge is 0.357 e. The second kappa shape index (κ2) is 13.3. The molecule has 5 heteroatoms. The van der Waals surface area contributed by atoms with Crippen molar-refractivity contribution in [2.24, 2.45) is 16.8 Å². The third-order valence-corrected chi connectivity index (χ3v) is 4.74. The Morgan fingerprint density at radius 1 is 1.17 bits per heavy atom. The van der Waals surface area contributed by atoms with Crippen molar-refractivity contribution in [2.45, 2.75) is 66.3 Å². The number of piperidine rings is 1. The number of unbranched alkanes of at least 4 members (excludes halogenated alkanes) is 1. The van der Waals surface area contributed by atoms with E-state index in [1.54, 1.807) is 0 Å². The minimum absolute atomic E-state index is 0. The van der Waals surface area contributed by atoms with E-state index in [0.29, 0.717) is 12.0 Å². The highest BCUT2D eigenvalue weighted by Gasteiger charge is 2.14. The predicted molar refractivity (Wildman–Crippen MR) is 113 cm³/mol. The van der Waals surface area contributed by atoms with Crippen molar-refractivity contribution < 1.29 is 0 Å². The van der Waals surface area contributed by atoms with Crippen LogP contribution in [0.5, 0.6) is 0 Å². The molecule has 0 aliphatic carbocycles. The van der Waals surface area contributed by atoms with Crippen LogP contribution in [0.15, 0.2) is 4.99 Å². The lowest BCUT2D eigenvalue weighted by Gasteiger charge is -2.30. The van der Waals surface area contributed by atoms with Gasteiger partial charge in [-0.05, 0) is 71.0 Å². The smallest absolute Gasteiger partial charge is 0.191 e. The van der Waals surface area contributed by atoms with Crippen LogP contribution in [0, 0.1) is 11.8 Å². The van der Waals surface area contributed by atoms with Crippen LogP contribution < -0.4 is 10.6 Å². The van der Waals surface area contributed by atoms with Crippen LogP contribution in [0.25, 0.3) is 0 Å². The Morgan fingerprint density at radius 2 is 1.83 bits per heavy atom. The van der Waals surface area contributed by atoms with Crippen molar-refractivity contribution in [1.82, 2.24) is 15.5 Å². The molecule has 2 N–H and O–H groups in total. The Balaban J connectivity index is 0.00000484. The second-order valence-corrected chi connectivity index (χ2v) is 7.17. The molecule has 0 aromatic heterocycles. The number of hydrogen-bond acceptors (Lipinski definition) is 2. The first kappa shape index (κ1) is 23.0. The third kappa shape index (κ3) is 10.4. The molecule has 1 heterocycles. The first-order valence-corrected chi connectivity index (χ1v) is 9.30. The number of guanidine groups is 1. The molecule has 0 aromatic rings. The van der Waals surface area contributed by atoms with Gasteiger partial charge in [0.15, 0.2) is 5.96 Å². The van der Waals surface area contributed by atoms with Gasteiger partial charge in [-0.25, -0.2) is 0 Å². The molecule has 1 aliphatic rings. The Hall–Kier alpha value is -0.0400. The number of aliphatic imine (C=N–C) groups is 1. The molecule has 1 aliphatic heterocycles. The van der Waals surface area contributed by atoms with E-state index in [1.807, 2.05) is 0 Å². The SMILES string of the molecule is CCNC(=NCCCCN1CCC(C)CC1)NC(C)C(C)C.I. The molecule has 0 spiro atoms. The Kier molecular flexibility index (Phi) is 13.3. The number of rotatable bonds is 8. The summed E-state index contributed by atoms with van der Waals surface area (Å²) in [7, 11) is 0. The van der Waals surface area contributed by atoms with Gasteiger partial charge in [0.25, 0.3) is 0 Å². The highest BCUT2D eigenvalue weighted by molar-refractivity contribution is 14.0. The lowest BCUT2D eigenvalue weighted by Crippen LogP contribution is -2.44. The standard InChI is InChI=1S/C18H38N4.HI/c1-6-19-18(21-17(5)15(2)3)20-11-7-8-12-22-13-9-16(4)10-14-22;/h15-17H,6-14H2,1-5H3,(H2,19,20,21);1H. The monoisotopic (exact) mass is 438 g/mol. The molecule has 0 aromatic carbocycles. The summed E-state index contributed by atoms with van der Waals surface area (Å²) < 4.78 is 0. The fraction of sp³-hybridized carbons (Fsp3) is 0.944. The zero-order valence-electron chi connectivity index (χ0n) is 15.9. The summed E-state index contributed by atoms with van der Waals surface area (Å²) in [6.45, 7) is 16.9. The summed E-state index contributed by atoms with van der Waals surface area (Å²) in [4.78, 5) is 7.33. The van der Waals surface area contributed by atoms with Crippen LogP contribution >= 0.6 is 24.0 Å². The van der Waals surface area contributed by atoms with Crippen LogP contribution in [0.2, 0.25) is 0 Å². The highest BCUT2D eigenvalue weighted by atomic mass is 127. The van der Waals surface area contributed by atoms with Gasteiger partial charge in [0.2, 0.25) is 0 Å². The quantitative estimate of drug-likeness (QED) is 0.263. The molecule has 4 nitrogen and oxygen atoms in total. The Labute approximate surface area is 161 Å². The number of likely N-dealkylation sites (tertiary alicyclic amines) is 1. The fourth-order valence-corrected chi connectivity index (χ4v) is 2.63. The molecular weight excluding hydrogens is 399 g/mol. The van der Waals surface area contributed by atoms with Gasteiger partial charge in [-0.2, -0.15) is 0 Å². The maximum atomic E-state index is 4.71. The van der Waals surface area contributed by atoms with Gasteiger partial charge in [-0.15, -0.1) is 24.0 Å². The van der Waals surface area contributed by atoms with E-state index < -0.39 is 0 Å². The lowest BCUT2D eigenvalue weighted by molar-refractivity contribution is 0.190. The van der Waals surface area contributed by atoms with Gasteiger partial charge in [0, 0.05) is 19.1 Å². The zero-order valence-corrected chi connectivity index (χ0v) is 18.2. The molecule has 0 amide bonds. The number of nitrogens with zero attached hydrogens (tertiary/aromatic N) is 2. The zero-order chi connectivity index (χ0) is 16.4. The van der Waals surface area contributed by atoms with Crippen molar-refractivity contribution in [3.05, 3.63) is 0 Å². The van der Waals surface area contributed by atoms with Crippen molar-refractivity contribution in [3.8, 4) is 0 Å². The summed E-state index contributed by atoms with van der Waals surface area (Å²) in [5, 5.41) is 6.83. The molecule has 0 radical (unpaired) electrons. The summed E-state index contributed by atoms with van der Waals surface area (Å²) in [5.74, 6) is 2.51. The molecule has 23 heavy (non-hydrogen) atoms. The van der Waals surface area contributed by atoms with E-state index in [-0.39, 0.29) is 24.0 Å². The van der Waals surface area contributed by atoms with Gasteiger partial charge >= 0.3 is 0 Å². The Morgan fingerprint density at radius 3 is 2.39 bits per heavy atom. The van der Waals surface area contributed by atoms with Gasteiger partial charge in [-0.3, -0.25) is 4.99 Å². The average molecular weight is 438 g/mol. The van der Waals surface area contributed by atoms with Crippen LogP contribution in [0.3, 0.4) is 0 Å². The molecular formula is C18H39IN4. The summed E-state index contributed by atoms with van der Waals surface area (Å²) in [6, 6.07) is 0.452. The van der Waals surface area contributed by atoms with Gasteiger partial charge in [0.1, 0.15) is 0 Å². The van der Waals surface area contributed by atoms with Crippen LogP contribution in [-0.2, 0) is 0 Å². The fourth-order valence-electron chi connectivity index (χ4n) is 2.63. The van der Waals surface area contributed by atoms with Crippen LogP contribution in [0.1, 0.15) is 60.3 Å². The van der Waals surface area contributed by atoms with Crippen LogP contribution in [0.4, 0.5) is 0 Å². The minimum atomic E-state index is 0. The van der Waals surface area contributed by atoms with Crippen molar-refractivity contribution in [1.29, 1.82) is 0 Å². The van der Waals surface area contributed by atoms with E-state index in [2.05, 4.69) is 50.2 Å². The maximum Gasteiger partial charge on any atom is 0.191 e. The molecule has 1 saturated heterocycles. The van der Waals surface area contributed by atoms with Crippen LogP contribution in [-0.4, -0.2) is 49.6 Å². The molecule has 0 bridgehead atoms. The van der Waals surface area contributed by atoms with E-state index in [9.17, 15) is 0 Å². The first-order chi connectivity index (χ1) is 10.5. The number of halogens is 1. The normalized spacial score (nSPS) is 18.6. The van der Waals surface area contributed by atoms with Crippen molar-refractivity contribution in [3.63, 3.8) is 0 Å². The van der Waals surface area contributed by atoms with Gasteiger partial charge in [0.05, 0.1) is 0 Å². The molecule has 138 valence electrons. The van der Waals surface area contributed by atoms with Gasteiger partial charge in [-0.1, -0.05) is 20.8 Å². The summed E-state index contributed by atoms with van der Waals surface area (Å²) >= 11 is 0. The Bertz CT molecular complexity index is 312. The number of nitrogens with one attached hydrogen (secondary N) is 2. The molecule has 1 rings (SSSR count). The van der Waals surface area contributed by atoms with E-state index in [1.165, 1.54) is 45.3 Å². The van der Waals surface area contributed by atoms with Crippen molar-refractivity contribution >= 4 is 29.9 Å². The minimum Gasteiger partial charge on any atom is -0.357 e. The molecule has 0 saturated carbocycles. The topological polar surface area (TPSA) is 39.7 Å². The molecule has 1 atom stereocenters. The number of hydrogen-bond donors (Lipinski definition) is 2. The first-order valence-electron chi connectivity index (χ1n) is 9.30. The van der Waals surface area contributed by atoms with E-state index in [0.717, 1.165) is 25.0 Å². The molecule has 1 unspecified atom stereocenters. The predicted octanol–water partition coefficient (Wildman–Crippen LogP) is 3.72. The lowest BCUT2D eigenvalue weighted by atomic mass is 9.99. The van der Waals surface area contributed by atoms with E-state index >= 15 is 0 Å². The highest BCUT2D eigenvalue weighted by Crippen LogP contribution is 2.16. The third-order valence-electron chi connectivity index (χ3n) is 4.74.